The van der Waals surface area contributed by atoms with E-state index in [9.17, 15) is 4.79 Å². The molecule has 0 amide bonds. The summed E-state index contributed by atoms with van der Waals surface area (Å²) >= 11 is 1.32. The van der Waals surface area contributed by atoms with Gasteiger partial charge < -0.3 is 15.6 Å². The summed E-state index contributed by atoms with van der Waals surface area (Å²) in [5.41, 5.74) is 6.75. The second-order valence-electron chi connectivity index (χ2n) is 2.85. The molecule has 2 rings (SSSR count). The lowest BCUT2D eigenvalue weighted by atomic mass is 10.1. The zero-order chi connectivity index (χ0) is 9.42. The maximum Gasteiger partial charge on any atom is 0.338 e. The topological polar surface area (TPSA) is 72.6 Å². The molecule has 0 saturated carbocycles. The number of hydrogen-bond donors (Lipinski definition) is 2. The molecular weight excluding hydrogens is 190 g/mol. The molecule has 2 heterocycles. The Kier molecular flexibility index (Phi) is 1.97. The van der Waals surface area contributed by atoms with E-state index in [4.69, 9.17) is 15.6 Å². The quantitative estimate of drug-likeness (QED) is 0.710. The Morgan fingerprint density at radius 3 is 3.08 bits per heavy atom. The minimum Gasteiger partial charge on any atom is -0.478 e. The van der Waals surface area contributed by atoms with Gasteiger partial charge in [-0.15, -0.1) is 11.3 Å². The normalized spacial score (nSPS) is 15.4. The van der Waals surface area contributed by atoms with E-state index in [-0.39, 0.29) is 5.56 Å². The molecule has 5 heteroatoms. The number of carbonyl (C=O) groups is 1. The highest BCUT2D eigenvalue weighted by Crippen LogP contribution is 2.34. The minimum absolute atomic E-state index is 0.281. The van der Waals surface area contributed by atoms with Gasteiger partial charge >= 0.3 is 5.97 Å². The molecule has 1 aliphatic rings. The number of nitrogen functional groups attached to an aromatic ring is 1. The molecule has 1 aromatic heterocycles. The average Bonchev–Trinajstić information content (AvgIpc) is 2.39. The third-order valence-corrected chi connectivity index (χ3v) is 3.10. The number of thiophene rings is 1. The summed E-state index contributed by atoms with van der Waals surface area (Å²) in [5, 5.41) is 9.29. The van der Waals surface area contributed by atoms with Gasteiger partial charge in [0.05, 0.1) is 18.8 Å². The van der Waals surface area contributed by atoms with E-state index in [0.717, 1.165) is 10.4 Å². The molecule has 0 bridgehead atoms. The highest BCUT2D eigenvalue weighted by Gasteiger charge is 2.23. The van der Waals surface area contributed by atoms with Gasteiger partial charge in [-0.3, -0.25) is 0 Å². The van der Waals surface area contributed by atoms with E-state index >= 15 is 0 Å². The van der Waals surface area contributed by atoms with Gasteiger partial charge in [0.25, 0.3) is 0 Å². The summed E-state index contributed by atoms with van der Waals surface area (Å²) in [4.78, 5) is 11.8. The van der Waals surface area contributed by atoms with Crippen LogP contribution in [0.25, 0.3) is 0 Å². The lowest BCUT2D eigenvalue weighted by Gasteiger charge is -2.11. The smallest absolute Gasteiger partial charge is 0.338 e. The lowest BCUT2D eigenvalue weighted by Crippen LogP contribution is -2.11. The Bertz CT molecular complexity index is 359. The number of rotatable bonds is 1. The van der Waals surface area contributed by atoms with Crippen LogP contribution in [0.1, 0.15) is 20.8 Å². The molecule has 0 saturated heterocycles. The third-order valence-electron chi connectivity index (χ3n) is 2.06. The van der Waals surface area contributed by atoms with Gasteiger partial charge in [-0.25, -0.2) is 4.79 Å². The molecule has 1 aliphatic heterocycles. The van der Waals surface area contributed by atoms with Crippen molar-refractivity contribution in [3.63, 3.8) is 0 Å². The van der Waals surface area contributed by atoms with Crippen LogP contribution in [0.5, 0.6) is 0 Å². The van der Waals surface area contributed by atoms with E-state index in [1.165, 1.54) is 11.3 Å². The van der Waals surface area contributed by atoms with Crippen molar-refractivity contribution in [1.82, 2.24) is 0 Å². The summed E-state index contributed by atoms with van der Waals surface area (Å²) in [6.45, 7) is 1.08. The number of anilines is 1. The van der Waals surface area contributed by atoms with Crippen LogP contribution in [0.2, 0.25) is 0 Å². The van der Waals surface area contributed by atoms with Crippen molar-refractivity contribution in [2.75, 3.05) is 12.3 Å². The number of aromatic carboxylic acids is 1. The third kappa shape index (κ3) is 1.30. The molecule has 0 fully saturated rings. The molecule has 0 atom stereocenters. The van der Waals surface area contributed by atoms with Gasteiger partial charge in [0.15, 0.2) is 0 Å². The van der Waals surface area contributed by atoms with Gasteiger partial charge in [-0.2, -0.15) is 0 Å². The first kappa shape index (κ1) is 8.52. The standard InChI is InChI=1S/C8H9NO3S/c9-7-6(8(10)11)4-1-2-12-3-5(4)13-7/h1-3,9H2,(H,10,11). The molecule has 1 aromatic rings. The fraction of sp³-hybridized carbons (Fsp3) is 0.375. The molecule has 4 nitrogen and oxygen atoms in total. The van der Waals surface area contributed by atoms with Crippen LogP contribution in [0, 0.1) is 0 Å². The number of carboxylic acids is 1. The largest absolute Gasteiger partial charge is 0.478 e. The molecule has 70 valence electrons. The first-order valence-electron chi connectivity index (χ1n) is 3.91. The Balaban J connectivity index is 2.54. The summed E-state index contributed by atoms with van der Waals surface area (Å²) in [7, 11) is 0. The van der Waals surface area contributed by atoms with Gasteiger partial charge in [0, 0.05) is 4.88 Å². The second kappa shape index (κ2) is 3.01. The van der Waals surface area contributed by atoms with Crippen molar-refractivity contribution in [3.8, 4) is 0 Å². The van der Waals surface area contributed by atoms with Crippen molar-refractivity contribution < 1.29 is 14.6 Å². The molecule has 0 unspecified atom stereocenters. The summed E-state index contributed by atoms with van der Waals surface area (Å²) in [5.74, 6) is -0.933. The van der Waals surface area contributed by atoms with Crippen molar-refractivity contribution >= 4 is 22.3 Å². The van der Waals surface area contributed by atoms with E-state index in [1.807, 2.05) is 0 Å². The van der Waals surface area contributed by atoms with E-state index < -0.39 is 5.97 Å². The number of ether oxygens (including phenoxy) is 1. The van der Waals surface area contributed by atoms with Crippen molar-refractivity contribution in [3.05, 3.63) is 16.0 Å². The van der Waals surface area contributed by atoms with E-state index in [0.29, 0.717) is 24.6 Å². The zero-order valence-corrected chi connectivity index (χ0v) is 7.69. The first-order valence-corrected chi connectivity index (χ1v) is 4.73. The molecule has 0 radical (unpaired) electrons. The maximum absolute atomic E-state index is 10.8. The monoisotopic (exact) mass is 199 g/mol. The van der Waals surface area contributed by atoms with Crippen LogP contribution in [0.15, 0.2) is 0 Å². The molecule has 0 aliphatic carbocycles. The lowest BCUT2D eigenvalue weighted by molar-refractivity contribution is 0.0693. The molecule has 0 aromatic carbocycles. The van der Waals surface area contributed by atoms with Crippen LogP contribution in [0.3, 0.4) is 0 Å². The number of nitrogens with two attached hydrogens (primary N) is 1. The summed E-state index contributed by atoms with van der Waals surface area (Å²) < 4.78 is 5.21. The Hall–Kier alpha value is -1.07. The van der Waals surface area contributed by atoms with Crippen molar-refractivity contribution in [2.45, 2.75) is 13.0 Å². The van der Waals surface area contributed by atoms with Crippen molar-refractivity contribution in [1.29, 1.82) is 0 Å². The van der Waals surface area contributed by atoms with E-state index in [2.05, 4.69) is 0 Å². The van der Waals surface area contributed by atoms with Crippen LogP contribution < -0.4 is 5.73 Å². The summed E-state index contributed by atoms with van der Waals surface area (Å²) in [6.07, 6.45) is 0.657. The Morgan fingerprint density at radius 2 is 2.38 bits per heavy atom. The number of hydrogen-bond acceptors (Lipinski definition) is 4. The molecule has 13 heavy (non-hydrogen) atoms. The Labute approximate surface area is 78.9 Å². The fourth-order valence-corrected chi connectivity index (χ4v) is 2.54. The maximum atomic E-state index is 10.8. The van der Waals surface area contributed by atoms with Gasteiger partial charge in [-0.05, 0) is 12.0 Å². The molecular formula is C8H9NO3S. The molecule has 3 N–H and O–H groups in total. The van der Waals surface area contributed by atoms with Crippen LogP contribution >= 0.6 is 11.3 Å². The van der Waals surface area contributed by atoms with Gasteiger partial charge in [-0.1, -0.05) is 0 Å². The van der Waals surface area contributed by atoms with Crippen LogP contribution in [-0.2, 0) is 17.8 Å². The number of fused-ring (bicyclic) bond motifs is 1. The zero-order valence-electron chi connectivity index (χ0n) is 6.87. The van der Waals surface area contributed by atoms with Crippen molar-refractivity contribution in [2.24, 2.45) is 0 Å². The van der Waals surface area contributed by atoms with E-state index in [1.54, 1.807) is 0 Å². The van der Waals surface area contributed by atoms with Gasteiger partial charge in [0.1, 0.15) is 5.00 Å². The van der Waals surface area contributed by atoms with Gasteiger partial charge in [0.2, 0.25) is 0 Å². The number of carboxylic acid groups (broad SMARTS) is 1. The SMILES string of the molecule is Nc1sc2c(c1C(=O)O)CCOC2. The first-order chi connectivity index (χ1) is 6.20. The van der Waals surface area contributed by atoms with Crippen LogP contribution in [0.4, 0.5) is 5.00 Å². The average molecular weight is 199 g/mol. The highest BCUT2D eigenvalue weighted by atomic mass is 32.1. The second-order valence-corrected chi connectivity index (χ2v) is 3.99. The molecule has 0 spiro atoms. The highest BCUT2D eigenvalue weighted by molar-refractivity contribution is 7.16. The van der Waals surface area contributed by atoms with Crippen LogP contribution in [-0.4, -0.2) is 17.7 Å². The Morgan fingerprint density at radius 1 is 1.62 bits per heavy atom. The predicted molar refractivity (Wildman–Crippen MR) is 49.1 cm³/mol. The summed E-state index contributed by atoms with van der Waals surface area (Å²) in [6, 6.07) is 0. The minimum atomic E-state index is -0.933. The fourth-order valence-electron chi connectivity index (χ4n) is 1.49. The predicted octanol–water partition coefficient (Wildman–Crippen LogP) is 1.10.